The Hall–Kier alpha value is -1.98. The molecular formula is C19H19ClN2O2S. The van der Waals surface area contributed by atoms with Crippen LogP contribution in [0.1, 0.15) is 12.5 Å². The van der Waals surface area contributed by atoms with Crippen molar-refractivity contribution in [1.82, 2.24) is 0 Å². The van der Waals surface area contributed by atoms with Gasteiger partial charge < -0.3 is 4.74 Å². The van der Waals surface area contributed by atoms with Gasteiger partial charge in [-0.25, -0.2) is 0 Å². The Morgan fingerprint density at radius 3 is 2.64 bits per heavy atom. The number of aliphatic imine (C=N–C) groups is 1. The van der Waals surface area contributed by atoms with Crippen molar-refractivity contribution in [1.29, 1.82) is 0 Å². The summed E-state index contributed by atoms with van der Waals surface area (Å²) in [5.74, 6) is 1.54. The summed E-state index contributed by atoms with van der Waals surface area (Å²) in [6.07, 6.45) is 0.237. The minimum atomic E-state index is -0.0489. The van der Waals surface area contributed by atoms with Crippen LogP contribution in [0.5, 0.6) is 5.75 Å². The highest BCUT2D eigenvalue weighted by Crippen LogP contribution is 2.28. The van der Waals surface area contributed by atoms with Gasteiger partial charge in [-0.2, -0.15) is 0 Å². The molecule has 130 valence electrons. The van der Waals surface area contributed by atoms with Gasteiger partial charge in [0.1, 0.15) is 5.75 Å². The number of halogens is 1. The van der Waals surface area contributed by atoms with Gasteiger partial charge in [0, 0.05) is 16.3 Å². The maximum Gasteiger partial charge on any atom is 0.237 e. The average Bonchev–Trinajstić information content (AvgIpc) is 3.03. The number of methoxy groups -OCH3 is 1. The number of hydrogen-bond acceptors (Lipinski definition) is 4. The number of hydrogen-bond donors (Lipinski definition) is 0. The standard InChI is InChI=1S/C19H19ClN2O2S/c1-13-12-25-19(21-13)22(16-9-7-15(20)8-10-16)18(23)11-14-5-3-4-6-17(14)24-2/h3-10,13H,11-12H2,1-2H3/t13-/m0/s1. The number of carbonyl (C=O) groups is 1. The summed E-state index contributed by atoms with van der Waals surface area (Å²) in [6, 6.07) is 15.0. The zero-order valence-electron chi connectivity index (χ0n) is 14.1. The molecule has 6 heteroatoms. The van der Waals surface area contributed by atoms with Crippen molar-refractivity contribution in [3.63, 3.8) is 0 Å². The van der Waals surface area contributed by atoms with E-state index in [-0.39, 0.29) is 18.4 Å². The van der Waals surface area contributed by atoms with E-state index < -0.39 is 0 Å². The molecule has 1 heterocycles. The fourth-order valence-electron chi connectivity index (χ4n) is 2.62. The second-order valence-electron chi connectivity index (χ2n) is 5.77. The maximum atomic E-state index is 13.1. The first-order valence-electron chi connectivity index (χ1n) is 7.99. The zero-order chi connectivity index (χ0) is 17.8. The summed E-state index contributed by atoms with van der Waals surface area (Å²) in [5, 5.41) is 1.37. The van der Waals surface area contributed by atoms with Crippen LogP contribution in [0.15, 0.2) is 53.5 Å². The summed E-state index contributed by atoms with van der Waals surface area (Å²) in [4.78, 5) is 19.4. The molecule has 3 rings (SSSR count). The van der Waals surface area contributed by atoms with Crippen molar-refractivity contribution < 1.29 is 9.53 Å². The highest BCUT2D eigenvalue weighted by Gasteiger charge is 2.27. The van der Waals surface area contributed by atoms with Crippen LogP contribution in [0.2, 0.25) is 5.02 Å². The van der Waals surface area contributed by atoms with E-state index in [4.69, 9.17) is 16.3 Å². The largest absolute Gasteiger partial charge is 0.496 e. The van der Waals surface area contributed by atoms with Gasteiger partial charge in [-0.05, 0) is 37.3 Å². The molecule has 1 atom stereocenters. The number of carbonyl (C=O) groups excluding carboxylic acids is 1. The van der Waals surface area contributed by atoms with E-state index in [1.807, 2.05) is 43.3 Å². The Morgan fingerprint density at radius 2 is 2.00 bits per heavy atom. The lowest BCUT2D eigenvalue weighted by Gasteiger charge is -2.22. The van der Waals surface area contributed by atoms with Gasteiger partial charge in [0.15, 0.2) is 5.17 Å². The topological polar surface area (TPSA) is 41.9 Å². The molecule has 0 saturated carbocycles. The van der Waals surface area contributed by atoms with E-state index in [2.05, 4.69) is 4.99 Å². The number of amidine groups is 1. The molecule has 0 aliphatic carbocycles. The van der Waals surface area contributed by atoms with Crippen LogP contribution >= 0.6 is 23.4 Å². The van der Waals surface area contributed by atoms with Crippen LogP contribution < -0.4 is 9.64 Å². The molecule has 1 aliphatic rings. The molecule has 0 radical (unpaired) electrons. The van der Waals surface area contributed by atoms with Crippen molar-refractivity contribution in [3.8, 4) is 5.75 Å². The lowest BCUT2D eigenvalue weighted by Crippen LogP contribution is -2.36. The third kappa shape index (κ3) is 4.17. The first-order valence-corrected chi connectivity index (χ1v) is 9.36. The minimum absolute atomic E-state index is 0.0489. The first-order chi connectivity index (χ1) is 12.1. The van der Waals surface area contributed by atoms with Crippen molar-refractivity contribution in [3.05, 3.63) is 59.1 Å². The summed E-state index contributed by atoms with van der Waals surface area (Å²) >= 11 is 7.59. The van der Waals surface area contributed by atoms with E-state index in [0.29, 0.717) is 10.8 Å². The minimum Gasteiger partial charge on any atom is -0.496 e. The predicted octanol–water partition coefficient (Wildman–Crippen LogP) is 4.42. The van der Waals surface area contributed by atoms with E-state index in [1.165, 1.54) is 0 Å². The number of nitrogens with zero attached hydrogens (tertiary/aromatic N) is 2. The van der Waals surface area contributed by atoms with Gasteiger partial charge in [-0.1, -0.05) is 41.6 Å². The van der Waals surface area contributed by atoms with Crippen LogP contribution in [0.25, 0.3) is 0 Å². The molecule has 0 saturated heterocycles. The van der Waals surface area contributed by atoms with Crippen molar-refractivity contribution in [2.45, 2.75) is 19.4 Å². The normalized spacial score (nSPS) is 16.4. The van der Waals surface area contributed by atoms with E-state index in [9.17, 15) is 4.79 Å². The van der Waals surface area contributed by atoms with Gasteiger partial charge in [0.05, 0.1) is 25.3 Å². The SMILES string of the molecule is COc1ccccc1CC(=O)N(C1=N[C@@H](C)CS1)c1ccc(Cl)cc1. The van der Waals surface area contributed by atoms with Crippen LogP contribution in [0.4, 0.5) is 5.69 Å². The molecule has 0 fully saturated rings. The third-order valence-electron chi connectivity index (χ3n) is 3.84. The maximum absolute atomic E-state index is 13.1. The van der Waals surface area contributed by atoms with Gasteiger partial charge in [-0.3, -0.25) is 14.7 Å². The lowest BCUT2D eigenvalue weighted by molar-refractivity contribution is -0.117. The number of amides is 1. The number of benzene rings is 2. The summed E-state index contributed by atoms with van der Waals surface area (Å²) in [6.45, 7) is 2.05. The Labute approximate surface area is 156 Å². The van der Waals surface area contributed by atoms with Crippen molar-refractivity contribution in [2.75, 3.05) is 17.8 Å². The molecule has 0 unspecified atom stereocenters. The van der Waals surface area contributed by atoms with Gasteiger partial charge in [0.25, 0.3) is 0 Å². The van der Waals surface area contributed by atoms with Crippen LogP contribution in [-0.2, 0) is 11.2 Å². The van der Waals surface area contributed by atoms with Gasteiger partial charge >= 0.3 is 0 Å². The number of anilines is 1. The molecule has 1 aliphatic heterocycles. The Balaban J connectivity index is 1.92. The molecule has 1 amide bonds. The second-order valence-corrected chi connectivity index (χ2v) is 7.19. The van der Waals surface area contributed by atoms with Gasteiger partial charge in [0.2, 0.25) is 5.91 Å². The number of rotatable bonds is 4. The molecule has 25 heavy (non-hydrogen) atoms. The molecule has 0 N–H and O–H groups in total. The Kier molecular flexibility index (Phi) is 5.66. The molecule has 2 aromatic rings. The summed E-state index contributed by atoms with van der Waals surface area (Å²) in [7, 11) is 1.61. The molecule has 2 aromatic carbocycles. The van der Waals surface area contributed by atoms with Crippen LogP contribution in [-0.4, -0.2) is 30.0 Å². The molecule has 0 spiro atoms. The first kappa shape index (κ1) is 17.8. The van der Waals surface area contributed by atoms with E-state index >= 15 is 0 Å². The quantitative estimate of drug-likeness (QED) is 0.795. The third-order valence-corrected chi connectivity index (χ3v) is 5.29. The Bertz CT molecular complexity index is 792. The second kappa shape index (κ2) is 7.93. The zero-order valence-corrected chi connectivity index (χ0v) is 15.7. The molecule has 0 bridgehead atoms. The van der Waals surface area contributed by atoms with Crippen molar-refractivity contribution >= 4 is 40.1 Å². The van der Waals surface area contributed by atoms with E-state index in [0.717, 1.165) is 22.2 Å². The van der Waals surface area contributed by atoms with E-state index in [1.54, 1.807) is 35.9 Å². The summed E-state index contributed by atoms with van der Waals surface area (Å²) in [5.41, 5.74) is 1.62. The lowest BCUT2D eigenvalue weighted by atomic mass is 10.1. The molecular weight excluding hydrogens is 356 g/mol. The Morgan fingerprint density at radius 1 is 1.28 bits per heavy atom. The highest BCUT2D eigenvalue weighted by molar-refractivity contribution is 8.14. The monoisotopic (exact) mass is 374 g/mol. The average molecular weight is 375 g/mol. The van der Waals surface area contributed by atoms with Crippen LogP contribution in [0, 0.1) is 0 Å². The van der Waals surface area contributed by atoms with Crippen molar-refractivity contribution in [2.24, 2.45) is 4.99 Å². The number of thioether (sulfide) groups is 1. The number of para-hydroxylation sites is 1. The van der Waals surface area contributed by atoms with Gasteiger partial charge in [-0.15, -0.1) is 0 Å². The number of ether oxygens (including phenoxy) is 1. The highest BCUT2D eigenvalue weighted by atomic mass is 35.5. The predicted molar refractivity (Wildman–Crippen MR) is 105 cm³/mol. The smallest absolute Gasteiger partial charge is 0.237 e. The summed E-state index contributed by atoms with van der Waals surface area (Å²) < 4.78 is 5.37. The fourth-order valence-corrected chi connectivity index (χ4v) is 3.80. The molecule has 4 nitrogen and oxygen atoms in total. The van der Waals surface area contributed by atoms with Crippen LogP contribution in [0.3, 0.4) is 0 Å². The molecule has 0 aromatic heterocycles. The fraction of sp³-hybridized carbons (Fsp3) is 0.263.